The van der Waals surface area contributed by atoms with E-state index in [-0.39, 0.29) is 5.91 Å². The molecule has 0 unspecified atom stereocenters. The number of thiophene rings is 1. The summed E-state index contributed by atoms with van der Waals surface area (Å²) >= 11 is 7.69. The number of carbonyl (C=O) groups is 1. The van der Waals surface area contributed by atoms with Crippen molar-refractivity contribution in [1.29, 1.82) is 0 Å². The second kappa shape index (κ2) is 9.52. The molecular weight excluding hydrogens is 462 g/mol. The fourth-order valence-corrected chi connectivity index (χ4v) is 7.19. The van der Waals surface area contributed by atoms with E-state index in [0.29, 0.717) is 5.02 Å². The lowest BCUT2D eigenvalue weighted by Crippen LogP contribution is -2.48. The summed E-state index contributed by atoms with van der Waals surface area (Å²) in [7, 11) is 0. The van der Waals surface area contributed by atoms with Gasteiger partial charge in [-0.25, -0.2) is 0 Å². The Bertz CT molecular complexity index is 1190. The summed E-state index contributed by atoms with van der Waals surface area (Å²) in [5.41, 5.74) is 4.38. The van der Waals surface area contributed by atoms with Crippen molar-refractivity contribution in [3.05, 3.63) is 63.5 Å². The molecule has 2 fully saturated rings. The van der Waals surface area contributed by atoms with Crippen LogP contribution in [-0.4, -0.2) is 61.0 Å². The van der Waals surface area contributed by atoms with Crippen LogP contribution in [0.2, 0.25) is 5.02 Å². The van der Waals surface area contributed by atoms with E-state index in [4.69, 9.17) is 11.6 Å². The largest absolute Gasteiger partial charge is 0.368 e. The van der Waals surface area contributed by atoms with Gasteiger partial charge >= 0.3 is 0 Å². The van der Waals surface area contributed by atoms with Crippen LogP contribution in [0, 0.1) is 0 Å². The number of halogens is 1. The fourth-order valence-electron chi connectivity index (χ4n) is 6.00. The molecule has 34 heavy (non-hydrogen) atoms. The Kier molecular flexibility index (Phi) is 6.27. The normalized spacial score (nSPS) is 20.0. The Morgan fingerprint density at radius 2 is 1.62 bits per heavy atom. The number of nitrogens with zero attached hydrogens (tertiary/aromatic N) is 3. The van der Waals surface area contributed by atoms with E-state index < -0.39 is 0 Å². The molecule has 6 rings (SSSR count). The molecule has 3 aromatic rings. The Balaban J connectivity index is 1.10. The minimum Gasteiger partial charge on any atom is -0.368 e. The predicted octanol–water partition coefficient (Wildman–Crippen LogP) is 5.86. The molecular formula is C28H32ClN3OS. The highest BCUT2D eigenvalue weighted by molar-refractivity contribution is 7.20. The molecule has 178 valence electrons. The minimum atomic E-state index is 0.144. The molecule has 2 aromatic carbocycles. The van der Waals surface area contributed by atoms with Crippen molar-refractivity contribution in [3.8, 4) is 0 Å². The van der Waals surface area contributed by atoms with Gasteiger partial charge in [-0.05, 0) is 78.6 Å². The first-order valence-electron chi connectivity index (χ1n) is 12.7. The van der Waals surface area contributed by atoms with Gasteiger partial charge in [-0.15, -0.1) is 11.3 Å². The van der Waals surface area contributed by atoms with Crippen molar-refractivity contribution in [2.45, 2.75) is 44.6 Å². The van der Waals surface area contributed by atoms with Gasteiger partial charge in [0.15, 0.2) is 0 Å². The summed E-state index contributed by atoms with van der Waals surface area (Å²) in [6.07, 6.45) is 7.93. The molecule has 2 aliphatic heterocycles. The van der Waals surface area contributed by atoms with Crippen molar-refractivity contribution in [1.82, 2.24) is 9.80 Å². The quantitative estimate of drug-likeness (QED) is 0.457. The molecule has 0 atom stereocenters. The molecule has 4 nitrogen and oxygen atoms in total. The maximum atomic E-state index is 13.1. The lowest BCUT2D eigenvalue weighted by molar-refractivity contribution is 0.0751. The van der Waals surface area contributed by atoms with E-state index in [1.165, 1.54) is 62.0 Å². The fraction of sp³-hybridized carbons (Fsp3) is 0.464. The first kappa shape index (κ1) is 22.4. The van der Waals surface area contributed by atoms with Crippen molar-refractivity contribution >= 4 is 44.6 Å². The van der Waals surface area contributed by atoms with Gasteiger partial charge in [0.25, 0.3) is 5.91 Å². The van der Waals surface area contributed by atoms with Gasteiger partial charge in [0.2, 0.25) is 0 Å². The highest BCUT2D eigenvalue weighted by atomic mass is 35.5. The van der Waals surface area contributed by atoms with Crippen LogP contribution in [0.4, 0.5) is 5.69 Å². The number of hydrogen-bond donors (Lipinski definition) is 0. The standard InChI is InChI=1S/C28H32ClN3OS/c29-23-6-8-26-22(17-23)19-27(34-26)28(33)32-15-13-31(14-16-32)25-7-5-20-9-11-30(12-10-21(20)18-25)24-3-1-2-4-24/h5-8,17-19,24H,1-4,9-16H2. The maximum Gasteiger partial charge on any atom is 0.264 e. The van der Waals surface area contributed by atoms with Crippen molar-refractivity contribution in [2.24, 2.45) is 0 Å². The molecule has 1 saturated carbocycles. The van der Waals surface area contributed by atoms with Crippen LogP contribution in [0.15, 0.2) is 42.5 Å². The maximum absolute atomic E-state index is 13.1. The van der Waals surface area contributed by atoms with Gasteiger partial charge in [-0.1, -0.05) is 30.5 Å². The zero-order valence-corrected chi connectivity index (χ0v) is 21.2. The summed E-state index contributed by atoms with van der Waals surface area (Å²) in [6, 6.07) is 15.7. The molecule has 3 heterocycles. The van der Waals surface area contributed by atoms with E-state index in [2.05, 4.69) is 28.0 Å². The van der Waals surface area contributed by atoms with Crippen LogP contribution < -0.4 is 4.90 Å². The van der Waals surface area contributed by atoms with Gasteiger partial charge < -0.3 is 9.80 Å². The highest BCUT2D eigenvalue weighted by Crippen LogP contribution is 2.31. The number of hydrogen-bond acceptors (Lipinski definition) is 4. The molecule has 1 saturated heterocycles. The Hall–Kier alpha value is -2.08. The second-order valence-corrected chi connectivity index (χ2v) is 11.5. The third-order valence-corrected chi connectivity index (χ3v) is 9.33. The van der Waals surface area contributed by atoms with Crippen molar-refractivity contribution in [2.75, 3.05) is 44.2 Å². The number of piperazine rings is 1. The molecule has 0 radical (unpaired) electrons. The SMILES string of the molecule is O=C(c1cc2cc(Cl)ccc2s1)N1CCN(c2ccc3c(c2)CCN(C2CCCC2)CC3)CC1. The predicted molar refractivity (Wildman–Crippen MR) is 143 cm³/mol. The molecule has 0 spiro atoms. The highest BCUT2D eigenvalue weighted by Gasteiger charge is 2.26. The average Bonchev–Trinajstić information content (AvgIpc) is 3.50. The molecule has 1 amide bonds. The molecule has 3 aliphatic rings. The van der Waals surface area contributed by atoms with Crippen LogP contribution >= 0.6 is 22.9 Å². The zero-order valence-electron chi connectivity index (χ0n) is 19.6. The number of anilines is 1. The summed E-state index contributed by atoms with van der Waals surface area (Å²) in [5, 5.41) is 1.76. The first-order valence-corrected chi connectivity index (χ1v) is 13.9. The van der Waals surface area contributed by atoms with Crippen LogP contribution in [-0.2, 0) is 12.8 Å². The van der Waals surface area contributed by atoms with Gasteiger partial charge in [0.05, 0.1) is 4.88 Å². The molecule has 0 N–H and O–H groups in total. The van der Waals surface area contributed by atoms with Crippen LogP contribution in [0.3, 0.4) is 0 Å². The smallest absolute Gasteiger partial charge is 0.264 e. The summed E-state index contributed by atoms with van der Waals surface area (Å²) in [5.74, 6) is 0.144. The van der Waals surface area contributed by atoms with Gasteiger partial charge in [-0.2, -0.15) is 0 Å². The summed E-state index contributed by atoms with van der Waals surface area (Å²) in [4.78, 5) is 21.2. The summed E-state index contributed by atoms with van der Waals surface area (Å²) in [6.45, 7) is 5.71. The number of rotatable bonds is 3. The third kappa shape index (κ3) is 4.46. The monoisotopic (exact) mass is 493 g/mol. The first-order chi connectivity index (χ1) is 16.6. The lowest BCUT2D eigenvalue weighted by atomic mass is 10.0. The van der Waals surface area contributed by atoms with Gasteiger partial charge in [0.1, 0.15) is 0 Å². The zero-order chi connectivity index (χ0) is 23.1. The van der Waals surface area contributed by atoms with Crippen molar-refractivity contribution in [3.63, 3.8) is 0 Å². The minimum absolute atomic E-state index is 0.144. The van der Waals surface area contributed by atoms with E-state index in [1.54, 1.807) is 11.3 Å². The van der Waals surface area contributed by atoms with E-state index in [0.717, 1.165) is 53.6 Å². The van der Waals surface area contributed by atoms with Gasteiger partial charge in [0, 0.05) is 60.7 Å². The van der Waals surface area contributed by atoms with E-state index in [1.807, 2.05) is 29.2 Å². The van der Waals surface area contributed by atoms with Crippen LogP contribution in [0.25, 0.3) is 10.1 Å². The van der Waals surface area contributed by atoms with Crippen LogP contribution in [0.1, 0.15) is 46.5 Å². The van der Waals surface area contributed by atoms with Gasteiger partial charge in [-0.3, -0.25) is 9.69 Å². The Labute approximate surface area is 211 Å². The van der Waals surface area contributed by atoms with Crippen LogP contribution in [0.5, 0.6) is 0 Å². The summed E-state index contributed by atoms with van der Waals surface area (Å²) < 4.78 is 1.11. The average molecular weight is 494 g/mol. The molecule has 6 heteroatoms. The number of amides is 1. The topological polar surface area (TPSA) is 26.8 Å². The number of benzene rings is 2. The Morgan fingerprint density at radius 3 is 2.41 bits per heavy atom. The number of carbonyl (C=O) groups excluding carboxylic acids is 1. The Morgan fingerprint density at radius 1 is 0.853 bits per heavy atom. The third-order valence-electron chi connectivity index (χ3n) is 7.99. The van der Waals surface area contributed by atoms with E-state index in [9.17, 15) is 4.79 Å². The second-order valence-electron chi connectivity index (χ2n) is 10.00. The number of fused-ring (bicyclic) bond motifs is 2. The lowest BCUT2D eigenvalue weighted by Gasteiger charge is -2.36. The van der Waals surface area contributed by atoms with Crippen molar-refractivity contribution < 1.29 is 4.79 Å². The van der Waals surface area contributed by atoms with E-state index >= 15 is 0 Å². The molecule has 1 aromatic heterocycles. The molecule has 0 bridgehead atoms. The molecule has 1 aliphatic carbocycles.